The number of nitrogens with one attached hydrogen (secondary N) is 1. The molecule has 0 saturated heterocycles. The average molecular weight is 379 g/mol. The van der Waals surface area contributed by atoms with E-state index in [1.807, 2.05) is 24.3 Å². The topological polar surface area (TPSA) is 38.0 Å². The molecule has 0 spiro atoms. The number of rotatable bonds is 2. The summed E-state index contributed by atoms with van der Waals surface area (Å²) in [6.45, 7) is 0. The van der Waals surface area contributed by atoms with Crippen LogP contribution >= 0.6 is 45.8 Å². The van der Waals surface area contributed by atoms with Gasteiger partial charge in [0.05, 0.1) is 21.4 Å². The Morgan fingerprint density at radius 3 is 2.24 bits per heavy atom. The van der Waals surface area contributed by atoms with Crippen LogP contribution in [0.1, 0.15) is 0 Å². The van der Waals surface area contributed by atoms with E-state index in [0.717, 1.165) is 11.4 Å². The van der Waals surface area contributed by atoms with Crippen molar-refractivity contribution in [3.05, 3.63) is 50.0 Å². The zero-order valence-corrected chi connectivity index (χ0v) is 12.3. The van der Waals surface area contributed by atoms with Gasteiger partial charge in [-0.1, -0.05) is 23.2 Å². The molecule has 17 heavy (non-hydrogen) atoms. The maximum Gasteiger partial charge on any atom is 0.0633 e. The number of benzene rings is 2. The molecular weight excluding hydrogens is 370 g/mol. The molecule has 0 fully saturated rings. The molecule has 2 nitrogen and oxygen atoms in total. The lowest BCUT2D eigenvalue weighted by atomic mass is 10.2. The third-order valence-corrected chi connectivity index (χ3v) is 3.66. The second-order valence-electron chi connectivity index (χ2n) is 3.49. The molecule has 0 unspecified atom stereocenters. The number of nitrogen functional groups attached to an aromatic ring is 1. The van der Waals surface area contributed by atoms with E-state index in [4.69, 9.17) is 28.9 Å². The molecule has 2 aromatic carbocycles. The third-order valence-electron chi connectivity index (χ3n) is 2.22. The van der Waals surface area contributed by atoms with Gasteiger partial charge in [-0.05, 0) is 59.0 Å². The molecule has 0 aliphatic carbocycles. The Hall–Kier alpha value is -0.650. The Kier molecular flexibility index (Phi) is 4.01. The Labute approximate surface area is 123 Å². The van der Waals surface area contributed by atoms with Crippen LogP contribution in [-0.4, -0.2) is 0 Å². The van der Waals surface area contributed by atoms with E-state index < -0.39 is 0 Å². The van der Waals surface area contributed by atoms with Crippen molar-refractivity contribution in [1.29, 1.82) is 0 Å². The number of nitrogens with two attached hydrogens (primary N) is 1. The Balaban J connectivity index is 2.30. The van der Waals surface area contributed by atoms with Crippen molar-refractivity contribution in [3.8, 4) is 0 Å². The zero-order chi connectivity index (χ0) is 12.4. The smallest absolute Gasteiger partial charge is 0.0633 e. The van der Waals surface area contributed by atoms with Crippen molar-refractivity contribution in [2.75, 3.05) is 11.1 Å². The van der Waals surface area contributed by atoms with Crippen LogP contribution < -0.4 is 11.1 Å². The fourth-order valence-corrected chi connectivity index (χ4v) is 2.05. The van der Waals surface area contributed by atoms with Crippen LogP contribution in [0.2, 0.25) is 10.0 Å². The summed E-state index contributed by atoms with van der Waals surface area (Å²) >= 11 is 14.1. The van der Waals surface area contributed by atoms with Crippen LogP contribution in [0.25, 0.3) is 0 Å². The lowest BCUT2D eigenvalue weighted by Crippen LogP contribution is -1.96. The van der Waals surface area contributed by atoms with Gasteiger partial charge in [0, 0.05) is 9.26 Å². The van der Waals surface area contributed by atoms with Gasteiger partial charge in [-0.15, -0.1) is 0 Å². The van der Waals surface area contributed by atoms with Gasteiger partial charge in [-0.2, -0.15) is 0 Å². The first-order chi connectivity index (χ1) is 8.06. The maximum absolute atomic E-state index is 5.95. The summed E-state index contributed by atoms with van der Waals surface area (Å²) in [6, 6.07) is 11.3. The fraction of sp³-hybridized carbons (Fsp3) is 0. The zero-order valence-electron chi connectivity index (χ0n) is 8.68. The second-order valence-corrected chi connectivity index (χ2v) is 5.55. The molecule has 0 radical (unpaired) electrons. The first-order valence-electron chi connectivity index (χ1n) is 4.83. The molecule has 0 bridgehead atoms. The van der Waals surface area contributed by atoms with Gasteiger partial charge in [0.1, 0.15) is 0 Å². The number of halogens is 3. The molecule has 0 amide bonds. The normalized spacial score (nSPS) is 10.3. The van der Waals surface area contributed by atoms with Crippen LogP contribution in [-0.2, 0) is 0 Å². The van der Waals surface area contributed by atoms with E-state index in [9.17, 15) is 0 Å². The lowest BCUT2D eigenvalue weighted by Gasteiger charge is -2.10. The highest BCUT2D eigenvalue weighted by molar-refractivity contribution is 14.1. The van der Waals surface area contributed by atoms with E-state index in [-0.39, 0.29) is 0 Å². The van der Waals surface area contributed by atoms with E-state index in [1.165, 1.54) is 3.57 Å². The molecule has 2 aromatic rings. The summed E-state index contributed by atoms with van der Waals surface area (Å²) in [4.78, 5) is 0. The highest BCUT2D eigenvalue weighted by Gasteiger charge is 2.05. The van der Waals surface area contributed by atoms with Crippen LogP contribution in [0, 0.1) is 3.57 Å². The van der Waals surface area contributed by atoms with Gasteiger partial charge in [0.15, 0.2) is 0 Å². The largest absolute Gasteiger partial charge is 0.397 e. The molecule has 88 valence electrons. The first-order valence-corrected chi connectivity index (χ1v) is 6.67. The third kappa shape index (κ3) is 3.18. The SMILES string of the molecule is Nc1cc(Cl)c(Cl)cc1Nc1ccc(I)cc1. The molecule has 0 aliphatic rings. The molecule has 0 aromatic heterocycles. The average Bonchev–Trinajstić information content (AvgIpc) is 2.29. The maximum atomic E-state index is 5.95. The van der Waals surface area contributed by atoms with Gasteiger partial charge >= 0.3 is 0 Å². The van der Waals surface area contributed by atoms with Crippen molar-refractivity contribution >= 4 is 62.9 Å². The number of anilines is 3. The van der Waals surface area contributed by atoms with Crippen molar-refractivity contribution in [1.82, 2.24) is 0 Å². The second kappa shape index (κ2) is 5.33. The monoisotopic (exact) mass is 378 g/mol. The minimum Gasteiger partial charge on any atom is -0.397 e. The van der Waals surface area contributed by atoms with Gasteiger partial charge < -0.3 is 11.1 Å². The van der Waals surface area contributed by atoms with E-state index >= 15 is 0 Å². The highest BCUT2D eigenvalue weighted by Crippen LogP contribution is 2.32. The number of hydrogen-bond acceptors (Lipinski definition) is 2. The van der Waals surface area contributed by atoms with Crippen molar-refractivity contribution in [3.63, 3.8) is 0 Å². The van der Waals surface area contributed by atoms with Gasteiger partial charge in [-0.25, -0.2) is 0 Å². The van der Waals surface area contributed by atoms with Gasteiger partial charge in [0.25, 0.3) is 0 Å². The van der Waals surface area contributed by atoms with Crippen LogP contribution in [0.3, 0.4) is 0 Å². The van der Waals surface area contributed by atoms with Crippen LogP contribution in [0.15, 0.2) is 36.4 Å². The highest BCUT2D eigenvalue weighted by atomic mass is 127. The molecule has 0 saturated carbocycles. The van der Waals surface area contributed by atoms with E-state index in [2.05, 4.69) is 27.9 Å². The molecule has 2 rings (SSSR count). The summed E-state index contributed by atoms with van der Waals surface area (Å²) in [7, 11) is 0. The molecule has 0 aliphatic heterocycles. The minimum absolute atomic E-state index is 0.456. The van der Waals surface area contributed by atoms with Gasteiger partial charge in [-0.3, -0.25) is 0 Å². The Morgan fingerprint density at radius 1 is 1.00 bits per heavy atom. The Bertz CT molecular complexity index is 541. The summed E-state index contributed by atoms with van der Waals surface area (Å²) in [6.07, 6.45) is 0. The predicted octanol–water partition coefficient (Wildman–Crippen LogP) is 4.92. The molecule has 3 N–H and O–H groups in total. The van der Waals surface area contributed by atoms with Crippen molar-refractivity contribution in [2.24, 2.45) is 0 Å². The fourth-order valence-electron chi connectivity index (χ4n) is 1.36. The van der Waals surface area contributed by atoms with Crippen molar-refractivity contribution < 1.29 is 0 Å². The predicted molar refractivity (Wildman–Crippen MR) is 83.3 cm³/mol. The molecule has 0 atom stereocenters. The summed E-state index contributed by atoms with van der Waals surface area (Å²) < 4.78 is 1.18. The lowest BCUT2D eigenvalue weighted by molar-refractivity contribution is 1.53. The van der Waals surface area contributed by atoms with E-state index in [1.54, 1.807) is 12.1 Å². The number of hydrogen-bond donors (Lipinski definition) is 2. The first kappa shape index (κ1) is 12.8. The van der Waals surface area contributed by atoms with Crippen LogP contribution in [0.4, 0.5) is 17.1 Å². The minimum atomic E-state index is 0.456. The summed E-state index contributed by atoms with van der Waals surface area (Å²) in [5.74, 6) is 0. The van der Waals surface area contributed by atoms with Crippen LogP contribution in [0.5, 0.6) is 0 Å². The Morgan fingerprint density at radius 2 is 1.59 bits per heavy atom. The molecule has 0 heterocycles. The summed E-state index contributed by atoms with van der Waals surface area (Å²) in [5.41, 5.74) is 8.13. The molecule has 5 heteroatoms. The van der Waals surface area contributed by atoms with Crippen molar-refractivity contribution in [2.45, 2.75) is 0 Å². The quantitative estimate of drug-likeness (QED) is 0.574. The summed E-state index contributed by atoms with van der Waals surface area (Å²) in [5, 5.41) is 4.13. The van der Waals surface area contributed by atoms with Gasteiger partial charge in [0.2, 0.25) is 0 Å². The standard InChI is InChI=1S/C12H9Cl2IN2/c13-9-5-11(16)12(6-10(9)14)17-8-3-1-7(15)2-4-8/h1-6,17H,16H2. The molecular formula is C12H9Cl2IN2. The van der Waals surface area contributed by atoms with E-state index in [0.29, 0.717) is 15.7 Å².